The van der Waals surface area contributed by atoms with Crippen molar-refractivity contribution in [3.63, 3.8) is 0 Å². The first kappa shape index (κ1) is 14.1. The first-order valence-electron chi connectivity index (χ1n) is 5.80. The highest BCUT2D eigenvalue weighted by Gasteiger charge is 2.23. The molecule has 0 saturated carbocycles. The van der Waals surface area contributed by atoms with Gasteiger partial charge < -0.3 is 10.5 Å². The Bertz CT molecular complexity index is 703. The van der Waals surface area contributed by atoms with Gasteiger partial charge in [-0.15, -0.1) is 0 Å². The summed E-state index contributed by atoms with van der Waals surface area (Å²) >= 11 is 3.38. The number of nitrogen functional groups attached to an aromatic ring is 1. The van der Waals surface area contributed by atoms with Crippen LogP contribution in [0.5, 0.6) is 0 Å². The SMILES string of the molecule is CCOC(=O)c1nn(-c2ccccc2Br)c(N)c1C#N. The molecule has 0 radical (unpaired) electrons. The zero-order chi connectivity index (χ0) is 14.7. The Kier molecular flexibility index (Phi) is 4.05. The van der Waals surface area contributed by atoms with E-state index in [0.717, 1.165) is 4.47 Å². The molecule has 102 valence electrons. The Morgan fingerprint density at radius 3 is 2.85 bits per heavy atom. The molecule has 2 N–H and O–H groups in total. The standard InChI is InChI=1S/C13H11BrN4O2/c1-2-20-13(19)11-8(7-15)12(16)18(17-11)10-6-4-3-5-9(10)14/h3-6H,2,16H2,1H3. The van der Waals surface area contributed by atoms with E-state index in [1.165, 1.54) is 4.68 Å². The number of benzene rings is 1. The molecule has 0 spiro atoms. The summed E-state index contributed by atoms with van der Waals surface area (Å²) in [5.41, 5.74) is 6.47. The lowest BCUT2D eigenvalue weighted by molar-refractivity contribution is 0.0518. The van der Waals surface area contributed by atoms with Gasteiger partial charge in [0.15, 0.2) is 5.69 Å². The Hall–Kier alpha value is -2.33. The Morgan fingerprint density at radius 1 is 1.55 bits per heavy atom. The molecule has 0 aliphatic carbocycles. The summed E-state index contributed by atoms with van der Waals surface area (Å²) < 4.78 is 6.96. The van der Waals surface area contributed by atoms with Crippen LogP contribution in [0.15, 0.2) is 28.7 Å². The van der Waals surface area contributed by atoms with Gasteiger partial charge in [-0.2, -0.15) is 10.4 Å². The maximum Gasteiger partial charge on any atom is 0.360 e. The number of hydrogen-bond donors (Lipinski definition) is 1. The van der Waals surface area contributed by atoms with Crippen LogP contribution < -0.4 is 5.73 Å². The smallest absolute Gasteiger partial charge is 0.360 e. The zero-order valence-corrected chi connectivity index (χ0v) is 12.2. The molecule has 2 aromatic rings. The first-order valence-corrected chi connectivity index (χ1v) is 6.60. The van der Waals surface area contributed by atoms with E-state index in [4.69, 9.17) is 15.7 Å². The minimum atomic E-state index is -0.665. The molecule has 2 rings (SSSR count). The number of rotatable bonds is 3. The van der Waals surface area contributed by atoms with Crippen LogP contribution in [0.4, 0.5) is 5.82 Å². The van der Waals surface area contributed by atoms with Crippen molar-refractivity contribution < 1.29 is 9.53 Å². The molecule has 0 bridgehead atoms. The molecule has 1 aromatic heterocycles. The van der Waals surface area contributed by atoms with Gasteiger partial charge in [0.2, 0.25) is 0 Å². The van der Waals surface area contributed by atoms with Crippen molar-refractivity contribution in [2.45, 2.75) is 6.92 Å². The Morgan fingerprint density at radius 2 is 2.25 bits per heavy atom. The van der Waals surface area contributed by atoms with E-state index >= 15 is 0 Å². The number of anilines is 1. The molecule has 0 fully saturated rings. The number of carbonyl (C=O) groups excluding carboxylic acids is 1. The van der Waals surface area contributed by atoms with Crippen molar-refractivity contribution in [2.75, 3.05) is 12.3 Å². The van der Waals surface area contributed by atoms with E-state index in [-0.39, 0.29) is 23.7 Å². The number of carbonyl (C=O) groups is 1. The largest absolute Gasteiger partial charge is 0.461 e. The third kappa shape index (κ3) is 2.38. The number of nitrogens with zero attached hydrogens (tertiary/aromatic N) is 3. The first-order chi connectivity index (χ1) is 9.60. The lowest BCUT2D eigenvalue weighted by Gasteiger charge is -2.05. The Labute approximate surface area is 123 Å². The maximum absolute atomic E-state index is 11.8. The summed E-state index contributed by atoms with van der Waals surface area (Å²) in [5, 5.41) is 13.2. The minimum absolute atomic E-state index is 0.0132. The highest BCUT2D eigenvalue weighted by molar-refractivity contribution is 9.10. The molecule has 0 aliphatic heterocycles. The van der Waals surface area contributed by atoms with Gasteiger partial charge in [0, 0.05) is 4.47 Å². The second-order valence-electron chi connectivity index (χ2n) is 3.80. The molecule has 0 saturated heterocycles. The molecule has 0 unspecified atom stereocenters. The van der Waals surface area contributed by atoms with Gasteiger partial charge in [0.1, 0.15) is 17.5 Å². The van der Waals surface area contributed by atoms with Gasteiger partial charge in [-0.05, 0) is 35.0 Å². The van der Waals surface area contributed by atoms with E-state index in [1.807, 2.05) is 18.2 Å². The van der Waals surface area contributed by atoms with Crippen LogP contribution in [0, 0.1) is 11.3 Å². The molecule has 0 amide bonds. The van der Waals surface area contributed by atoms with Gasteiger partial charge in [0.05, 0.1) is 12.3 Å². The fourth-order valence-corrected chi connectivity index (χ4v) is 2.14. The second-order valence-corrected chi connectivity index (χ2v) is 4.66. The number of hydrogen-bond acceptors (Lipinski definition) is 5. The third-order valence-corrected chi connectivity index (χ3v) is 3.25. The molecule has 20 heavy (non-hydrogen) atoms. The fourth-order valence-electron chi connectivity index (χ4n) is 1.69. The van der Waals surface area contributed by atoms with E-state index in [9.17, 15) is 4.79 Å². The highest BCUT2D eigenvalue weighted by Crippen LogP contribution is 2.26. The van der Waals surface area contributed by atoms with Crippen LogP contribution in [-0.4, -0.2) is 22.4 Å². The number of aromatic nitrogens is 2. The molecule has 0 aliphatic rings. The zero-order valence-electron chi connectivity index (χ0n) is 10.6. The number of nitrogens with two attached hydrogens (primary N) is 1. The number of nitriles is 1. The van der Waals surface area contributed by atoms with Crippen LogP contribution in [0.2, 0.25) is 0 Å². The molecule has 7 heteroatoms. The quantitative estimate of drug-likeness (QED) is 0.869. The van der Waals surface area contributed by atoms with Gasteiger partial charge in [-0.3, -0.25) is 0 Å². The van der Waals surface area contributed by atoms with Gasteiger partial charge in [-0.25, -0.2) is 9.48 Å². The average molecular weight is 335 g/mol. The summed E-state index contributed by atoms with van der Waals surface area (Å²) in [6, 6.07) is 9.11. The summed E-state index contributed by atoms with van der Waals surface area (Å²) in [6.07, 6.45) is 0. The molecular formula is C13H11BrN4O2. The molecule has 1 aromatic carbocycles. The van der Waals surface area contributed by atoms with Gasteiger partial charge >= 0.3 is 5.97 Å². The predicted octanol–water partition coefficient (Wildman–Crippen LogP) is 2.27. The summed E-state index contributed by atoms with van der Waals surface area (Å²) in [5.74, 6) is -0.566. The van der Waals surface area contributed by atoms with Crippen molar-refractivity contribution in [1.82, 2.24) is 9.78 Å². The number of para-hydroxylation sites is 1. The fraction of sp³-hybridized carbons (Fsp3) is 0.154. The predicted molar refractivity (Wildman–Crippen MR) is 76.3 cm³/mol. The van der Waals surface area contributed by atoms with Crippen LogP contribution in [0.3, 0.4) is 0 Å². The summed E-state index contributed by atoms with van der Waals surface area (Å²) in [4.78, 5) is 11.8. The van der Waals surface area contributed by atoms with Crippen LogP contribution in [-0.2, 0) is 4.74 Å². The average Bonchev–Trinajstić information content (AvgIpc) is 2.76. The van der Waals surface area contributed by atoms with Crippen LogP contribution in [0.1, 0.15) is 23.0 Å². The highest BCUT2D eigenvalue weighted by atomic mass is 79.9. The summed E-state index contributed by atoms with van der Waals surface area (Å²) in [7, 11) is 0. The van der Waals surface area contributed by atoms with Crippen molar-refractivity contribution in [2.24, 2.45) is 0 Å². The Balaban J connectivity index is 2.60. The van der Waals surface area contributed by atoms with Crippen molar-refractivity contribution >= 4 is 27.7 Å². The lowest BCUT2D eigenvalue weighted by Crippen LogP contribution is -2.08. The second kappa shape index (κ2) is 5.75. The number of ether oxygens (including phenoxy) is 1. The van der Waals surface area contributed by atoms with Crippen molar-refractivity contribution in [3.8, 4) is 11.8 Å². The van der Waals surface area contributed by atoms with E-state index in [1.54, 1.807) is 19.1 Å². The van der Waals surface area contributed by atoms with E-state index in [0.29, 0.717) is 5.69 Å². The normalized spacial score (nSPS) is 10.1. The van der Waals surface area contributed by atoms with Crippen molar-refractivity contribution in [3.05, 3.63) is 40.0 Å². The topological polar surface area (TPSA) is 93.9 Å². The molecule has 6 nitrogen and oxygen atoms in total. The van der Waals surface area contributed by atoms with Crippen molar-refractivity contribution in [1.29, 1.82) is 5.26 Å². The number of esters is 1. The maximum atomic E-state index is 11.8. The molecular weight excluding hydrogens is 324 g/mol. The van der Waals surface area contributed by atoms with E-state index in [2.05, 4.69) is 21.0 Å². The third-order valence-electron chi connectivity index (χ3n) is 2.58. The van der Waals surface area contributed by atoms with E-state index < -0.39 is 5.97 Å². The summed E-state index contributed by atoms with van der Waals surface area (Å²) in [6.45, 7) is 1.88. The number of halogens is 1. The van der Waals surface area contributed by atoms with Crippen LogP contribution >= 0.6 is 15.9 Å². The molecule has 1 heterocycles. The molecule has 0 atom stereocenters. The van der Waals surface area contributed by atoms with Crippen LogP contribution in [0.25, 0.3) is 5.69 Å². The lowest BCUT2D eigenvalue weighted by atomic mass is 10.2. The monoisotopic (exact) mass is 334 g/mol. The van der Waals surface area contributed by atoms with Gasteiger partial charge in [-0.1, -0.05) is 12.1 Å². The van der Waals surface area contributed by atoms with Gasteiger partial charge in [0.25, 0.3) is 0 Å². The minimum Gasteiger partial charge on any atom is -0.461 e.